The minimum Gasteiger partial charge on any atom is -0.303 e. The van der Waals surface area contributed by atoms with Crippen LogP contribution in [0, 0.1) is 29.6 Å². The molecule has 0 aliphatic heterocycles. The van der Waals surface area contributed by atoms with Crippen LogP contribution in [0.15, 0.2) is 0 Å². The Morgan fingerprint density at radius 3 is 1.84 bits per heavy atom. The minimum atomic E-state index is -1.41. The van der Waals surface area contributed by atoms with Gasteiger partial charge in [-0.2, -0.15) is 0 Å². The molecular formula is C12H8Cl6O. The van der Waals surface area contributed by atoms with Gasteiger partial charge in [0.1, 0.15) is 16.0 Å². The summed E-state index contributed by atoms with van der Waals surface area (Å²) in [6, 6.07) is 0. The van der Waals surface area contributed by atoms with E-state index in [9.17, 15) is 4.79 Å². The largest absolute Gasteiger partial charge is 0.303 e. The van der Waals surface area contributed by atoms with Crippen LogP contribution in [0.5, 0.6) is 0 Å². The molecule has 0 saturated heterocycles. The van der Waals surface area contributed by atoms with Gasteiger partial charge in [-0.25, -0.2) is 0 Å². The van der Waals surface area contributed by atoms with Crippen molar-refractivity contribution in [2.45, 2.75) is 30.3 Å². The van der Waals surface area contributed by atoms with Gasteiger partial charge in [0.05, 0.1) is 9.75 Å². The molecule has 7 heteroatoms. The van der Waals surface area contributed by atoms with Gasteiger partial charge in [-0.3, -0.25) is 0 Å². The number of carbonyl (C=O) groups is 1. The summed E-state index contributed by atoms with van der Waals surface area (Å²) in [5.41, 5.74) is 0. The standard InChI is InChI=1S/C12H8Cl6O/c13-8-5-3(2-19)1-4-6(5)9(14,12(8,17)18)11(16)7(4)10(8,11)15/h2-7H,1H2/t3?,4?,5?,6?,7-,8-,9?,10+,11-/m0/s1. The lowest BCUT2D eigenvalue weighted by Gasteiger charge is -2.42. The van der Waals surface area contributed by atoms with Crippen LogP contribution in [0.2, 0.25) is 0 Å². The Labute approximate surface area is 140 Å². The lowest BCUT2D eigenvalue weighted by Crippen LogP contribution is -2.53. The maximum Gasteiger partial charge on any atom is 0.160 e. The summed E-state index contributed by atoms with van der Waals surface area (Å²) < 4.78 is -1.41. The van der Waals surface area contributed by atoms with Crippen molar-refractivity contribution in [1.82, 2.24) is 0 Å². The maximum atomic E-state index is 11.4. The predicted molar refractivity (Wildman–Crippen MR) is 76.9 cm³/mol. The van der Waals surface area contributed by atoms with Crippen LogP contribution in [0.3, 0.4) is 0 Å². The van der Waals surface area contributed by atoms with Crippen molar-refractivity contribution in [3.63, 3.8) is 0 Å². The molecule has 0 aromatic rings. The highest BCUT2D eigenvalue weighted by molar-refractivity contribution is 6.66. The number of rotatable bonds is 1. The number of fused-ring (bicyclic) bond motifs is 5. The van der Waals surface area contributed by atoms with Crippen LogP contribution in [-0.4, -0.2) is 30.1 Å². The monoisotopic (exact) mass is 378 g/mol. The third-order valence-corrected chi connectivity index (χ3v) is 11.9. The van der Waals surface area contributed by atoms with Gasteiger partial charge >= 0.3 is 0 Å². The third-order valence-electron chi connectivity index (χ3n) is 6.65. The van der Waals surface area contributed by atoms with E-state index in [1.54, 1.807) is 0 Å². The van der Waals surface area contributed by atoms with Crippen LogP contribution in [-0.2, 0) is 4.79 Å². The Morgan fingerprint density at radius 2 is 1.37 bits per heavy atom. The molecule has 9 atom stereocenters. The fraction of sp³-hybridized carbons (Fsp3) is 0.917. The van der Waals surface area contributed by atoms with Crippen molar-refractivity contribution in [3.05, 3.63) is 0 Å². The molecule has 2 bridgehead atoms. The molecule has 5 aliphatic carbocycles. The molecule has 0 heterocycles. The molecule has 0 N–H and O–H groups in total. The second kappa shape index (κ2) is 2.81. The van der Waals surface area contributed by atoms with Crippen LogP contribution in [0.25, 0.3) is 0 Å². The van der Waals surface area contributed by atoms with Gasteiger partial charge in [0.2, 0.25) is 0 Å². The highest BCUT2D eigenvalue weighted by Crippen LogP contribution is 3.01. The van der Waals surface area contributed by atoms with Gasteiger partial charge in [-0.1, -0.05) is 23.2 Å². The molecule has 0 radical (unpaired) electrons. The lowest BCUT2D eigenvalue weighted by atomic mass is 9.73. The van der Waals surface area contributed by atoms with E-state index in [1.807, 2.05) is 0 Å². The summed E-state index contributed by atoms with van der Waals surface area (Å²) in [5, 5.41) is 0. The van der Waals surface area contributed by atoms with E-state index < -0.39 is 23.8 Å². The van der Waals surface area contributed by atoms with E-state index >= 15 is 0 Å². The predicted octanol–water partition coefficient (Wildman–Crippen LogP) is 3.81. The lowest BCUT2D eigenvalue weighted by molar-refractivity contribution is -0.112. The first-order chi connectivity index (χ1) is 8.67. The van der Waals surface area contributed by atoms with E-state index in [1.165, 1.54) is 0 Å². The molecule has 5 fully saturated rings. The Hall–Kier alpha value is 1.41. The normalized spacial score (nSPS) is 76.6. The first kappa shape index (κ1) is 12.9. The van der Waals surface area contributed by atoms with Crippen LogP contribution >= 0.6 is 69.6 Å². The van der Waals surface area contributed by atoms with Crippen LogP contribution in [0.4, 0.5) is 0 Å². The zero-order valence-electron chi connectivity index (χ0n) is 9.35. The Kier molecular flexibility index (Phi) is 1.91. The van der Waals surface area contributed by atoms with E-state index in [0.29, 0.717) is 0 Å². The van der Waals surface area contributed by atoms with E-state index in [2.05, 4.69) is 0 Å². The molecule has 5 rings (SSSR count). The van der Waals surface area contributed by atoms with E-state index in [4.69, 9.17) is 69.6 Å². The summed E-state index contributed by atoms with van der Waals surface area (Å²) >= 11 is 40.4. The number of hydrogen-bond acceptors (Lipinski definition) is 1. The van der Waals surface area contributed by atoms with Crippen molar-refractivity contribution in [1.29, 1.82) is 0 Å². The summed E-state index contributed by atoms with van der Waals surface area (Å²) in [6.07, 6.45) is 1.70. The average Bonchev–Trinajstić information content (AvgIpc) is 2.59. The molecule has 1 nitrogen and oxygen atoms in total. The molecule has 0 spiro atoms. The number of alkyl halides is 6. The van der Waals surface area contributed by atoms with E-state index in [-0.39, 0.29) is 29.6 Å². The maximum absolute atomic E-state index is 11.4. The molecule has 104 valence electrons. The highest BCUT2D eigenvalue weighted by atomic mass is 35.5. The second-order valence-corrected chi connectivity index (χ2v) is 10.4. The third kappa shape index (κ3) is 0.720. The average molecular weight is 381 g/mol. The fourth-order valence-electron chi connectivity index (χ4n) is 6.34. The molecule has 0 amide bonds. The van der Waals surface area contributed by atoms with Crippen LogP contribution < -0.4 is 0 Å². The molecule has 5 saturated carbocycles. The van der Waals surface area contributed by atoms with Crippen molar-refractivity contribution < 1.29 is 4.79 Å². The topological polar surface area (TPSA) is 17.1 Å². The first-order valence-corrected chi connectivity index (χ1v) is 8.53. The summed E-state index contributed by atoms with van der Waals surface area (Å²) in [7, 11) is 0. The molecule has 5 unspecified atom stereocenters. The number of halogens is 6. The molecule has 5 aliphatic rings. The Bertz CT molecular complexity index is 566. The van der Waals surface area contributed by atoms with Crippen molar-refractivity contribution in [3.8, 4) is 0 Å². The smallest absolute Gasteiger partial charge is 0.160 e. The second-order valence-electron chi connectivity index (χ2n) is 6.65. The SMILES string of the molecule is O=CC1CC2C3C1[C@@]1(Cl)C(Cl)(Cl)C3(Cl)[C@@]3(Cl)[C@@H]2[C@@]13Cl. The number of hydrogen-bond donors (Lipinski definition) is 0. The van der Waals surface area contributed by atoms with Gasteiger partial charge in [0.15, 0.2) is 4.33 Å². The Morgan fingerprint density at radius 1 is 0.842 bits per heavy atom. The van der Waals surface area contributed by atoms with Gasteiger partial charge in [0, 0.05) is 11.8 Å². The highest BCUT2D eigenvalue weighted by Gasteiger charge is 3.12. The summed E-state index contributed by atoms with van der Waals surface area (Å²) in [6.45, 7) is 0. The molecular weight excluding hydrogens is 373 g/mol. The zero-order valence-corrected chi connectivity index (χ0v) is 13.9. The van der Waals surface area contributed by atoms with Crippen molar-refractivity contribution >= 4 is 75.9 Å². The molecule has 19 heavy (non-hydrogen) atoms. The van der Waals surface area contributed by atoms with Gasteiger partial charge < -0.3 is 4.79 Å². The minimum absolute atomic E-state index is 0.00941. The Balaban J connectivity index is 1.89. The fourth-order valence-corrected chi connectivity index (χ4v) is 10.9. The summed E-state index contributed by atoms with van der Waals surface area (Å²) in [5.74, 6) is -0.143. The van der Waals surface area contributed by atoms with Crippen molar-refractivity contribution in [2.24, 2.45) is 29.6 Å². The number of aldehydes is 1. The van der Waals surface area contributed by atoms with E-state index in [0.717, 1.165) is 12.7 Å². The number of carbonyl (C=O) groups excluding carboxylic acids is 1. The molecule has 0 aromatic heterocycles. The quantitative estimate of drug-likeness (QED) is 0.499. The van der Waals surface area contributed by atoms with Gasteiger partial charge in [0.25, 0.3) is 0 Å². The first-order valence-electron chi connectivity index (χ1n) is 6.26. The van der Waals surface area contributed by atoms with Crippen molar-refractivity contribution in [2.75, 3.05) is 0 Å². The molecule has 0 aromatic carbocycles. The van der Waals surface area contributed by atoms with Gasteiger partial charge in [-0.05, 0) is 24.2 Å². The van der Waals surface area contributed by atoms with Crippen LogP contribution in [0.1, 0.15) is 6.42 Å². The summed E-state index contributed by atoms with van der Waals surface area (Å²) in [4.78, 5) is 7.49. The van der Waals surface area contributed by atoms with Gasteiger partial charge in [-0.15, -0.1) is 46.4 Å². The zero-order chi connectivity index (χ0) is 13.8.